The molecule has 0 fully saturated rings. The van der Waals surface area contributed by atoms with Crippen molar-refractivity contribution in [2.45, 2.75) is 0 Å². The molecule has 0 atom stereocenters. The van der Waals surface area contributed by atoms with Crippen LogP contribution in [0, 0.1) is 3.57 Å². The Balaban J connectivity index is 2.35. The van der Waals surface area contributed by atoms with E-state index in [-0.39, 0.29) is 5.91 Å². The molecule has 0 unspecified atom stereocenters. The number of ether oxygens (including phenoxy) is 2. The topological polar surface area (TPSA) is 73.6 Å². The Morgan fingerprint density at radius 1 is 1.14 bits per heavy atom. The summed E-state index contributed by atoms with van der Waals surface area (Å²) in [5, 5.41) is 2.82. The monoisotopic (exact) mass is 398 g/mol. The molecule has 2 aromatic rings. The molecule has 0 radical (unpaired) electrons. The number of nitrogens with one attached hydrogen (secondary N) is 1. The summed E-state index contributed by atoms with van der Waals surface area (Å²) in [7, 11) is 3.03. The van der Waals surface area contributed by atoms with Gasteiger partial charge in [-0.15, -0.1) is 0 Å². The Kier molecular flexibility index (Phi) is 4.89. The fourth-order valence-corrected chi connectivity index (χ4v) is 2.49. The summed E-state index contributed by atoms with van der Waals surface area (Å²) in [5.74, 6) is 0.742. The van der Waals surface area contributed by atoms with E-state index in [0.717, 1.165) is 3.57 Å². The van der Waals surface area contributed by atoms with Crippen LogP contribution in [-0.4, -0.2) is 20.1 Å². The van der Waals surface area contributed by atoms with Gasteiger partial charge in [0.05, 0.1) is 31.2 Å². The summed E-state index contributed by atoms with van der Waals surface area (Å²) in [5.41, 5.74) is 7.37. The lowest BCUT2D eigenvalue weighted by Crippen LogP contribution is -2.14. The van der Waals surface area contributed by atoms with Gasteiger partial charge >= 0.3 is 0 Å². The largest absolute Gasteiger partial charge is 0.495 e. The number of hydrogen-bond donors (Lipinski definition) is 2. The minimum absolute atomic E-state index is 0.217. The van der Waals surface area contributed by atoms with Gasteiger partial charge in [-0.25, -0.2) is 0 Å². The Bertz CT molecular complexity index is 674. The lowest BCUT2D eigenvalue weighted by molar-refractivity contribution is 0.102. The first-order chi connectivity index (χ1) is 10.1. The van der Waals surface area contributed by atoms with Gasteiger partial charge in [0, 0.05) is 15.7 Å². The Morgan fingerprint density at radius 2 is 1.81 bits per heavy atom. The number of anilines is 2. The maximum Gasteiger partial charge on any atom is 0.256 e. The maximum atomic E-state index is 12.3. The predicted octanol–water partition coefficient (Wildman–Crippen LogP) is 3.14. The molecule has 5 nitrogen and oxygen atoms in total. The van der Waals surface area contributed by atoms with E-state index in [1.807, 2.05) is 18.2 Å². The molecule has 0 bridgehead atoms. The third-order valence-corrected chi connectivity index (χ3v) is 3.86. The predicted molar refractivity (Wildman–Crippen MR) is 91.1 cm³/mol. The van der Waals surface area contributed by atoms with Crippen LogP contribution in [0.15, 0.2) is 36.4 Å². The molecule has 110 valence electrons. The van der Waals surface area contributed by atoms with Crippen LogP contribution >= 0.6 is 22.6 Å². The summed E-state index contributed by atoms with van der Waals surface area (Å²) < 4.78 is 11.3. The Hall–Kier alpha value is -1.96. The van der Waals surface area contributed by atoms with E-state index in [9.17, 15) is 4.79 Å². The molecule has 1 amide bonds. The molecule has 2 rings (SSSR count). The molecule has 21 heavy (non-hydrogen) atoms. The average molecular weight is 398 g/mol. The van der Waals surface area contributed by atoms with Gasteiger partial charge in [0.2, 0.25) is 0 Å². The lowest BCUT2D eigenvalue weighted by atomic mass is 10.2. The molecule has 0 aromatic heterocycles. The molecule has 0 saturated heterocycles. The summed E-state index contributed by atoms with van der Waals surface area (Å²) in [4.78, 5) is 12.3. The zero-order valence-corrected chi connectivity index (χ0v) is 13.8. The van der Waals surface area contributed by atoms with E-state index in [4.69, 9.17) is 15.2 Å². The summed E-state index contributed by atoms with van der Waals surface area (Å²) in [6.07, 6.45) is 0. The van der Waals surface area contributed by atoms with Crippen molar-refractivity contribution in [2.24, 2.45) is 0 Å². The molecule has 0 saturated carbocycles. The number of carbonyl (C=O) groups excluding carboxylic acids is 1. The van der Waals surface area contributed by atoms with Crippen LogP contribution in [0.4, 0.5) is 11.4 Å². The molecule has 0 aliphatic rings. The molecular weight excluding hydrogens is 383 g/mol. The summed E-state index contributed by atoms with van der Waals surface area (Å²) in [6.45, 7) is 0. The van der Waals surface area contributed by atoms with Gasteiger partial charge in [-0.1, -0.05) is 12.1 Å². The number of halogens is 1. The minimum Gasteiger partial charge on any atom is -0.495 e. The third kappa shape index (κ3) is 3.38. The van der Waals surface area contributed by atoms with Crippen molar-refractivity contribution in [1.82, 2.24) is 0 Å². The van der Waals surface area contributed by atoms with Crippen molar-refractivity contribution in [3.05, 3.63) is 45.5 Å². The van der Waals surface area contributed by atoms with Gasteiger partial charge in [-0.05, 0) is 34.7 Å². The molecule has 0 heterocycles. The third-order valence-electron chi connectivity index (χ3n) is 2.92. The second-order valence-electron chi connectivity index (χ2n) is 4.23. The zero-order valence-electron chi connectivity index (χ0n) is 11.6. The normalized spacial score (nSPS) is 10.0. The molecule has 3 N–H and O–H groups in total. The summed E-state index contributed by atoms with van der Waals surface area (Å²) in [6, 6.07) is 10.6. The first kappa shape index (κ1) is 15.4. The SMILES string of the molecule is COc1cc(NC(=O)c2ccccc2I)c(OC)cc1N. The number of nitrogens with two attached hydrogens (primary N) is 1. The van der Waals surface area contributed by atoms with E-state index in [0.29, 0.717) is 28.4 Å². The highest BCUT2D eigenvalue weighted by Crippen LogP contribution is 2.34. The zero-order chi connectivity index (χ0) is 15.4. The van der Waals surface area contributed by atoms with Crippen LogP contribution in [0.2, 0.25) is 0 Å². The highest BCUT2D eigenvalue weighted by Gasteiger charge is 2.14. The maximum absolute atomic E-state index is 12.3. The number of carbonyl (C=O) groups is 1. The van der Waals surface area contributed by atoms with Gasteiger partial charge in [-0.2, -0.15) is 0 Å². The van der Waals surface area contributed by atoms with E-state index < -0.39 is 0 Å². The van der Waals surface area contributed by atoms with Crippen molar-refractivity contribution < 1.29 is 14.3 Å². The van der Waals surface area contributed by atoms with E-state index in [1.165, 1.54) is 14.2 Å². The van der Waals surface area contributed by atoms with Crippen molar-refractivity contribution in [3.8, 4) is 11.5 Å². The first-order valence-electron chi connectivity index (χ1n) is 6.14. The molecule has 2 aromatic carbocycles. The number of amides is 1. The highest BCUT2D eigenvalue weighted by molar-refractivity contribution is 14.1. The van der Waals surface area contributed by atoms with E-state index >= 15 is 0 Å². The smallest absolute Gasteiger partial charge is 0.256 e. The molecule has 0 aliphatic heterocycles. The molecule has 0 spiro atoms. The number of nitrogen functional groups attached to an aromatic ring is 1. The van der Waals surface area contributed by atoms with Crippen LogP contribution in [0.25, 0.3) is 0 Å². The van der Waals surface area contributed by atoms with Gasteiger partial charge in [0.1, 0.15) is 11.5 Å². The minimum atomic E-state index is -0.217. The first-order valence-corrected chi connectivity index (χ1v) is 7.22. The second kappa shape index (κ2) is 6.66. The van der Waals surface area contributed by atoms with Gasteiger partial charge in [-0.3, -0.25) is 4.79 Å². The van der Waals surface area contributed by atoms with Crippen LogP contribution in [0.1, 0.15) is 10.4 Å². The van der Waals surface area contributed by atoms with Crippen molar-refractivity contribution in [3.63, 3.8) is 0 Å². The quantitative estimate of drug-likeness (QED) is 0.613. The van der Waals surface area contributed by atoms with Crippen molar-refractivity contribution >= 4 is 39.9 Å². The van der Waals surface area contributed by atoms with Crippen LogP contribution in [0.5, 0.6) is 11.5 Å². The standard InChI is InChI=1S/C15H15IN2O3/c1-20-13-8-12(14(21-2)7-11(13)17)18-15(19)9-5-3-4-6-10(9)16/h3-8H,17H2,1-2H3,(H,18,19). The number of benzene rings is 2. The molecule has 6 heteroatoms. The average Bonchev–Trinajstić information content (AvgIpc) is 2.48. The Morgan fingerprint density at radius 3 is 2.43 bits per heavy atom. The Labute approximate surface area is 136 Å². The van der Waals surface area contributed by atoms with Crippen LogP contribution < -0.4 is 20.5 Å². The number of rotatable bonds is 4. The highest BCUT2D eigenvalue weighted by atomic mass is 127. The fourth-order valence-electron chi connectivity index (χ4n) is 1.85. The van der Waals surface area contributed by atoms with Gasteiger partial charge < -0.3 is 20.5 Å². The van der Waals surface area contributed by atoms with Crippen molar-refractivity contribution in [2.75, 3.05) is 25.3 Å². The van der Waals surface area contributed by atoms with Crippen LogP contribution in [0.3, 0.4) is 0 Å². The molecule has 0 aliphatic carbocycles. The van der Waals surface area contributed by atoms with Gasteiger partial charge in [0.25, 0.3) is 5.91 Å². The lowest BCUT2D eigenvalue weighted by Gasteiger charge is -2.14. The van der Waals surface area contributed by atoms with E-state index in [1.54, 1.807) is 18.2 Å². The van der Waals surface area contributed by atoms with E-state index in [2.05, 4.69) is 27.9 Å². The fraction of sp³-hybridized carbons (Fsp3) is 0.133. The number of hydrogen-bond acceptors (Lipinski definition) is 4. The van der Waals surface area contributed by atoms with Gasteiger partial charge in [0.15, 0.2) is 0 Å². The molecular formula is C15H15IN2O3. The van der Waals surface area contributed by atoms with Crippen molar-refractivity contribution in [1.29, 1.82) is 0 Å². The second-order valence-corrected chi connectivity index (χ2v) is 5.39. The number of methoxy groups -OCH3 is 2. The van der Waals surface area contributed by atoms with Crippen LogP contribution in [-0.2, 0) is 0 Å². The summed E-state index contributed by atoms with van der Waals surface area (Å²) >= 11 is 2.12.